The van der Waals surface area contributed by atoms with Crippen molar-refractivity contribution in [3.05, 3.63) is 76.9 Å². The van der Waals surface area contributed by atoms with Gasteiger partial charge in [0.2, 0.25) is 5.91 Å². The maximum absolute atomic E-state index is 12.4. The molecule has 2 heterocycles. The van der Waals surface area contributed by atoms with Crippen molar-refractivity contribution in [1.29, 1.82) is 0 Å². The number of carbonyl (C=O) groups is 1. The van der Waals surface area contributed by atoms with Crippen LogP contribution in [0, 0.1) is 6.92 Å². The summed E-state index contributed by atoms with van der Waals surface area (Å²) in [5, 5.41) is 4.99. The van der Waals surface area contributed by atoms with Crippen LogP contribution in [0.15, 0.2) is 60.1 Å². The second kappa shape index (κ2) is 9.11. The fourth-order valence-corrected chi connectivity index (χ4v) is 3.98. The van der Waals surface area contributed by atoms with Gasteiger partial charge in [-0.1, -0.05) is 29.8 Å². The number of benzene rings is 2. The summed E-state index contributed by atoms with van der Waals surface area (Å²) < 4.78 is 7.20. The Hall–Kier alpha value is -2.83. The molecule has 0 saturated carbocycles. The monoisotopic (exact) mass is 427 g/mol. The average Bonchev–Trinajstić information content (AvgIpc) is 3.29. The normalized spacial score (nSPS) is 10.6. The topological polar surface area (TPSA) is 55.6 Å². The van der Waals surface area contributed by atoms with E-state index in [-0.39, 0.29) is 18.3 Å². The molecule has 1 amide bonds. The Morgan fingerprint density at radius 1 is 1.21 bits per heavy atom. The van der Waals surface area contributed by atoms with E-state index in [0.29, 0.717) is 13.0 Å². The van der Waals surface area contributed by atoms with E-state index in [1.807, 2.05) is 65.4 Å². The first-order chi connectivity index (χ1) is 13.6. The number of halogens is 1. The van der Waals surface area contributed by atoms with Crippen molar-refractivity contribution in [2.75, 3.05) is 7.11 Å². The third-order valence-electron chi connectivity index (χ3n) is 4.58. The van der Waals surface area contributed by atoms with E-state index in [2.05, 4.69) is 16.4 Å². The van der Waals surface area contributed by atoms with Gasteiger partial charge in [-0.3, -0.25) is 9.20 Å². The first-order valence-electron chi connectivity index (χ1n) is 9.04. The zero-order chi connectivity index (χ0) is 19.5. The Balaban J connectivity index is 0.00000240. The summed E-state index contributed by atoms with van der Waals surface area (Å²) in [7, 11) is 1.65. The SMILES string of the molecule is COc1ccc(-c2cn3c(CC(=O)NCc4cccc(C)c4)csc3n2)cc1.Cl. The third-order valence-corrected chi connectivity index (χ3v) is 5.47. The number of hydrogen-bond acceptors (Lipinski definition) is 4. The van der Waals surface area contributed by atoms with Gasteiger partial charge in [0.1, 0.15) is 5.75 Å². The van der Waals surface area contributed by atoms with Crippen LogP contribution in [0.25, 0.3) is 16.2 Å². The molecular weight excluding hydrogens is 406 g/mol. The van der Waals surface area contributed by atoms with Crippen LogP contribution in [-0.4, -0.2) is 22.4 Å². The fourth-order valence-electron chi connectivity index (χ4n) is 3.11. The number of methoxy groups -OCH3 is 1. The fraction of sp³-hybridized carbons (Fsp3) is 0.182. The molecule has 0 bridgehead atoms. The van der Waals surface area contributed by atoms with E-state index < -0.39 is 0 Å². The molecule has 1 N–H and O–H groups in total. The molecule has 0 aliphatic heterocycles. The molecule has 5 nitrogen and oxygen atoms in total. The standard InChI is InChI=1S/C22H21N3O2S.ClH/c1-15-4-3-5-16(10-15)12-23-21(26)11-18-14-28-22-24-20(13-25(18)22)17-6-8-19(27-2)9-7-17;/h3-10,13-14H,11-12H2,1-2H3,(H,23,26);1H. The first kappa shape index (κ1) is 20.9. The van der Waals surface area contributed by atoms with E-state index in [0.717, 1.165) is 33.2 Å². The van der Waals surface area contributed by atoms with E-state index in [9.17, 15) is 4.79 Å². The molecule has 0 fully saturated rings. The Kier molecular flexibility index (Phi) is 6.56. The number of aromatic nitrogens is 2. The van der Waals surface area contributed by atoms with Crippen molar-refractivity contribution in [2.24, 2.45) is 0 Å². The Labute approximate surface area is 179 Å². The lowest BCUT2D eigenvalue weighted by atomic mass is 10.1. The molecule has 0 aliphatic carbocycles. The number of nitrogens with one attached hydrogen (secondary N) is 1. The van der Waals surface area contributed by atoms with Gasteiger partial charge < -0.3 is 10.1 Å². The number of nitrogens with zero attached hydrogens (tertiary/aromatic N) is 2. The van der Waals surface area contributed by atoms with E-state index in [1.165, 1.54) is 5.56 Å². The third kappa shape index (κ3) is 4.78. The second-order valence-corrected chi connectivity index (χ2v) is 7.51. The Morgan fingerprint density at radius 3 is 2.72 bits per heavy atom. The zero-order valence-electron chi connectivity index (χ0n) is 16.2. The van der Waals surface area contributed by atoms with Crippen LogP contribution in [0.2, 0.25) is 0 Å². The van der Waals surface area contributed by atoms with Crippen molar-refractivity contribution in [3.8, 4) is 17.0 Å². The number of thiazole rings is 1. The van der Waals surface area contributed by atoms with Crippen LogP contribution in [0.1, 0.15) is 16.8 Å². The summed E-state index contributed by atoms with van der Waals surface area (Å²) in [4.78, 5) is 18.0. The van der Waals surface area contributed by atoms with Crippen molar-refractivity contribution >= 4 is 34.6 Å². The molecule has 0 unspecified atom stereocenters. The lowest BCUT2D eigenvalue weighted by Crippen LogP contribution is -2.25. The van der Waals surface area contributed by atoms with Crippen LogP contribution in [0.5, 0.6) is 5.75 Å². The Morgan fingerprint density at radius 2 is 2.00 bits per heavy atom. The molecular formula is C22H22ClN3O2S. The minimum atomic E-state index is 0. The number of imidazole rings is 1. The highest BCUT2D eigenvalue weighted by Gasteiger charge is 2.12. The van der Waals surface area contributed by atoms with Gasteiger partial charge in [-0.05, 0) is 36.8 Å². The zero-order valence-corrected chi connectivity index (χ0v) is 17.8. The van der Waals surface area contributed by atoms with Gasteiger partial charge >= 0.3 is 0 Å². The summed E-state index contributed by atoms with van der Waals surface area (Å²) in [5.74, 6) is 0.816. The van der Waals surface area contributed by atoms with Crippen molar-refractivity contribution in [1.82, 2.24) is 14.7 Å². The molecule has 0 spiro atoms. The van der Waals surface area contributed by atoms with Gasteiger partial charge in [-0.15, -0.1) is 23.7 Å². The van der Waals surface area contributed by atoms with Gasteiger partial charge in [-0.25, -0.2) is 4.98 Å². The number of ether oxygens (including phenoxy) is 1. The van der Waals surface area contributed by atoms with E-state index in [4.69, 9.17) is 4.74 Å². The van der Waals surface area contributed by atoms with Gasteiger partial charge in [0.25, 0.3) is 0 Å². The van der Waals surface area contributed by atoms with Crippen molar-refractivity contribution in [2.45, 2.75) is 19.9 Å². The van der Waals surface area contributed by atoms with Gasteiger partial charge in [0.05, 0.1) is 19.2 Å². The lowest BCUT2D eigenvalue weighted by Gasteiger charge is -2.06. The van der Waals surface area contributed by atoms with Crippen LogP contribution in [0.4, 0.5) is 0 Å². The number of amides is 1. The first-order valence-corrected chi connectivity index (χ1v) is 9.92. The molecule has 4 aromatic rings. The smallest absolute Gasteiger partial charge is 0.226 e. The summed E-state index contributed by atoms with van der Waals surface area (Å²) >= 11 is 1.54. The minimum Gasteiger partial charge on any atom is -0.497 e. The van der Waals surface area contributed by atoms with Crippen molar-refractivity contribution in [3.63, 3.8) is 0 Å². The van der Waals surface area contributed by atoms with Gasteiger partial charge in [0, 0.05) is 29.4 Å². The molecule has 2 aromatic heterocycles. The van der Waals surface area contributed by atoms with Crippen LogP contribution < -0.4 is 10.1 Å². The van der Waals surface area contributed by atoms with Crippen LogP contribution >= 0.6 is 23.7 Å². The van der Waals surface area contributed by atoms with Crippen LogP contribution in [-0.2, 0) is 17.8 Å². The van der Waals surface area contributed by atoms with Gasteiger partial charge in [0.15, 0.2) is 4.96 Å². The number of carbonyl (C=O) groups excluding carboxylic acids is 1. The molecule has 4 rings (SSSR count). The summed E-state index contributed by atoms with van der Waals surface area (Å²) in [6.07, 6.45) is 2.31. The minimum absolute atomic E-state index is 0. The number of fused-ring (bicyclic) bond motifs is 1. The highest BCUT2D eigenvalue weighted by atomic mass is 35.5. The second-order valence-electron chi connectivity index (χ2n) is 6.68. The molecule has 0 aliphatic rings. The average molecular weight is 428 g/mol. The Bertz CT molecular complexity index is 1120. The van der Waals surface area contributed by atoms with E-state index in [1.54, 1.807) is 18.4 Å². The lowest BCUT2D eigenvalue weighted by molar-refractivity contribution is -0.120. The maximum Gasteiger partial charge on any atom is 0.226 e. The molecule has 7 heteroatoms. The quantitative estimate of drug-likeness (QED) is 0.487. The van der Waals surface area contributed by atoms with E-state index >= 15 is 0 Å². The maximum atomic E-state index is 12.4. The largest absolute Gasteiger partial charge is 0.497 e. The number of aryl methyl sites for hydroxylation is 1. The summed E-state index contributed by atoms with van der Waals surface area (Å²) in [6, 6.07) is 16.0. The summed E-state index contributed by atoms with van der Waals surface area (Å²) in [6.45, 7) is 2.58. The van der Waals surface area contributed by atoms with Crippen molar-refractivity contribution < 1.29 is 9.53 Å². The van der Waals surface area contributed by atoms with Gasteiger partial charge in [-0.2, -0.15) is 0 Å². The predicted molar refractivity (Wildman–Crippen MR) is 119 cm³/mol. The summed E-state index contributed by atoms with van der Waals surface area (Å²) in [5.41, 5.74) is 5.14. The number of rotatable bonds is 6. The molecule has 2 aromatic carbocycles. The van der Waals surface area contributed by atoms with Crippen LogP contribution in [0.3, 0.4) is 0 Å². The highest BCUT2D eigenvalue weighted by molar-refractivity contribution is 7.15. The highest BCUT2D eigenvalue weighted by Crippen LogP contribution is 2.25. The molecule has 0 atom stereocenters. The molecule has 150 valence electrons. The number of hydrogen-bond donors (Lipinski definition) is 1. The molecule has 29 heavy (non-hydrogen) atoms. The predicted octanol–water partition coefficient (Wildman–Crippen LogP) is 4.66. The molecule has 0 saturated heterocycles. The molecule has 0 radical (unpaired) electrons.